The van der Waals surface area contributed by atoms with Crippen molar-refractivity contribution in [1.29, 1.82) is 0 Å². The highest BCUT2D eigenvalue weighted by molar-refractivity contribution is 6.19. The van der Waals surface area contributed by atoms with Crippen LogP contribution < -0.4 is 0 Å². The van der Waals surface area contributed by atoms with Gasteiger partial charge in [-0.3, -0.25) is 0 Å². The molecule has 0 aromatic heterocycles. The fraction of sp³-hybridized carbons (Fsp3) is 1.00. The monoisotopic (exact) mass is 100 g/mol. The Labute approximate surface area is 44.1 Å². The molecule has 40 valence electrons. The number of hydrogen-bond acceptors (Lipinski definition) is 2. The van der Waals surface area contributed by atoms with E-state index in [1.807, 2.05) is 13.8 Å². The van der Waals surface area contributed by atoms with Crippen LogP contribution in [0.3, 0.4) is 0 Å². The predicted molar refractivity (Wildman–Crippen MR) is 28.3 cm³/mol. The normalized spacial score (nSPS) is 27.1. The van der Waals surface area contributed by atoms with Gasteiger partial charge in [0.15, 0.2) is 0 Å². The van der Waals surface area contributed by atoms with Gasteiger partial charge in [0.25, 0.3) is 0 Å². The summed E-state index contributed by atoms with van der Waals surface area (Å²) in [4.78, 5) is 0. The van der Waals surface area contributed by atoms with Crippen molar-refractivity contribution in [2.75, 3.05) is 6.61 Å². The highest BCUT2D eigenvalue weighted by Crippen LogP contribution is 2.13. The van der Waals surface area contributed by atoms with E-state index in [1.54, 1.807) is 0 Å². The third-order valence-electron chi connectivity index (χ3n) is 0.983. The van der Waals surface area contributed by atoms with E-state index in [0.29, 0.717) is 7.69 Å². The molecule has 1 fully saturated rings. The third kappa shape index (κ3) is 1.18. The van der Waals surface area contributed by atoms with Crippen molar-refractivity contribution in [1.82, 2.24) is 0 Å². The summed E-state index contributed by atoms with van der Waals surface area (Å²) < 4.78 is 10.1. The first-order chi connectivity index (χ1) is 3.21. The van der Waals surface area contributed by atoms with E-state index in [9.17, 15) is 0 Å². The molecule has 0 bridgehead atoms. The van der Waals surface area contributed by atoms with Crippen molar-refractivity contribution < 1.29 is 9.31 Å². The molecule has 0 atom stereocenters. The zero-order chi connectivity index (χ0) is 5.33. The molecule has 7 heavy (non-hydrogen) atoms. The van der Waals surface area contributed by atoms with Crippen molar-refractivity contribution in [3.63, 3.8) is 0 Å². The van der Waals surface area contributed by atoms with Gasteiger partial charge in [0.05, 0.1) is 12.2 Å². The SMILES string of the molecule is CC1(C)COBO1. The molecule has 1 heterocycles. The Hall–Kier alpha value is -0.0151. The lowest BCUT2D eigenvalue weighted by Crippen LogP contribution is -2.21. The summed E-state index contributed by atoms with van der Waals surface area (Å²) in [6, 6.07) is 0. The summed E-state index contributed by atoms with van der Waals surface area (Å²) in [6.07, 6.45) is 0. The first-order valence-electron chi connectivity index (χ1n) is 2.42. The second-order valence-corrected chi connectivity index (χ2v) is 2.37. The maximum atomic E-state index is 5.12. The number of rotatable bonds is 0. The Morgan fingerprint density at radius 2 is 2.29 bits per heavy atom. The molecule has 3 heteroatoms. The van der Waals surface area contributed by atoms with Gasteiger partial charge in [-0.2, -0.15) is 0 Å². The standard InChI is InChI=1S/C4H9BO2/c1-4(2)3-6-5-7-4/h5H,3H2,1-2H3. The summed E-state index contributed by atoms with van der Waals surface area (Å²) in [7, 11) is 0.465. The van der Waals surface area contributed by atoms with Gasteiger partial charge >= 0.3 is 7.69 Å². The Morgan fingerprint density at radius 3 is 2.43 bits per heavy atom. The Morgan fingerprint density at radius 1 is 1.57 bits per heavy atom. The fourth-order valence-corrected chi connectivity index (χ4v) is 0.530. The molecule has 1 aliphatic heterocycles. The topological polar surface area (TPSA) is 18.5 Å². The van der Waals surface area contributed by atoms with Gasteiger partial charge in [-0.25, -0.2) is 0 Å². The second-order valence-electron chi connectivity index (χ2n) is 2.37. The van der Waals surface area contributed by atoms with Crippen LogP contribution in [0.15, 0.2) is 0 Å². The fourth-order valence-electron chi connectivity index (χ4n) is 0.530. The molecule has 0 saturated carbocycles. The zero-order valence-corrected chi connectivity index (χ0v) is 4.73. The summed E-state index contributed by atoms with van der Waals surface area (Å²) in [5.74, 6) is 0. The molecule has 0 amide bonds. The predicted octanol–water partition coefficient (Wildman–Crippen LogP) is 0.0783. The van der Waals surface area contributed by atoms with Gasteiger partial charge in [-0.15, -0.1) is 0 Å². The van der Waals surface area contributed by atoms with Crippen LogP contribution >= 0.6 is 0 Å². The minimum Gasteiger partial charge on any atom is -0.411 e. The van der Waals surface area contributed by atoms with Gasteiger partial charge in [-0.05, 0) is 13.8 Å². The van der Waals surface area contributed by atoms with Crippen LogP contribution in [-0.2, 0) is 9.31 Å². The van der Waals surface area contributed by atoms with Crippen molar-refractivity contribution in [3.8, 4) is 0 Å². The molecule has 1 saturated heterocycles. The molecule has 0 radical (unpaired) electrons. The van der Waals surface area contributed by atoms with E-state index in [1.165, 1.54) is 0 Å². The Bertz CT molecular complexity index is 64.1. The molecule has 0 aromatic rings. The summed E-state index contributed by atoms with van der Waals surface area (Å²) in [6.45, 7) is 4.76. The lowest BCUT2D eigenvalue weighted by atomic mass is 10.2. The summed E-state index contributed by atoms with van der Waals surface area (Å²) in [5.41, 5.74) is -0.0278. The summed E-state index contributed by atoms with van der Waals surface area (Å²) >= 11 is 0. The molecule has 2 nitrogen and oxygen atoms in total. The minimum atomic E-state index is -0.0278. The third-order valence-corrected chi connectivity index (χ3v) is 0.983. The van der Waals surface area contributed by atoms with Crippen molar-refractivity contribution in [2.45, 2.75) is 19.4 Å². The highest BCUT2D eigenvalue weighted by atomic mass is 16.6. The van der Waals surface area contributed by atoms with Gasteiger partial charge in [0, 0.05) is 0 Å². The highest BCUT2D eigenvalue weighted by Gasteiger charge is 2.24. The first-order valence-corrected chi connectivity index (χ1v) is 2.42. The lowest BCUT2D eigenvalue weighted by molar-refractivity contribution is 0.139. The second kappa shape index (κ2) is 1.49. The molecule has 1 aliphatic rings. The Kier molecular flexibility index (Phi) is 1.09. The lowest BCUT2D eigenvalue weighted by Gasteiger charge is -2.13. The zero-order valence-electron chi connectivity index (χ0n) is 4.73. The van der Waals surface area contributed by atoms with E-state index < -0.39 is 0 Å². The number of hydrogen-bond donors (Lipinski definition) is 0. The average Bonchev–Trinajstić information content (AvgIpc) is 1.84. The minimum absolute atomic E-state index is 0.0278. The van der Waals surface area contributed by atoms with Crippen LogP contribution in [0.25, 0.3) is 0 Å². The van der Waals surface area contributed by atoms with E-state index in [-0.39, 0.29) is 5.60 Å². The Balaban J connectivity index is 2.40. The van der Waals surface area contributed by atoms with Gasteiger partial charge in [0.1, 0.15) is 0 Å². The molecule has 1 rings (SSSR count). The van der Waals surface area contributed by atoms with Crippen molar-refractivity contribution in [3.05, 3.63) is 0 Å². The molecule has 0 N–H and O–H groups in total. The van der Waals surface area contributed by atoms with Crippen LogP contribution in [0.2, 0.25) is 0 Å². The van der Waals surface area contributed by atoms with Crippen LogP contribution in [0.4, 0.5) is 0 Å². The largest absolute Gasteiger partial charge is 0.438 e. The van der Waals surface area contributed by atoms with E-state index in [2.05, 4.69) is 0 Å². The van der Waals surface area contributed by atoms with E-state index >= 15 is 0 Å². The van der Waals surface area contributed by atoms with Crippen LogP contribution in [0.5, 0.6) is 0 Å². The molecule has 0 aromatic carbocycles. The van der Waals surface area contributed by atoms with E-state index in [0.717, 1.165) is 6.61 Å². The van der Waals surface area contributed by atoms with Crippen molar-refractivity contribution >= 4 is 7.69 Å². The molecule has 0 unspecified atom stereocenters. The van der Waals surface area contributed by atoms with Crippen LogP contribution in [0.1, 0.15) is 13.8 Å². The van der Waals surface area contributed by atoms with Crippen LogP contribution in [0, 0.1) is 0 Å². The van der Waals surface area contributed by atoms with Crippen LogP contribution in [-0.4, -0.2) is 19.9 Å². The smallest absolute Gasteiger partial charge is 0.411 e. The quantitative estimate of drug-likeness (QED) is 0.401. The maximum Gasteiger partial charge on any atom is 0.438 e. The van der Waals surface area contributed by atoms with Gasteiger partial charge < -0.3 is 9.31 Å². The molecular weight excluding hydrogens is 90.9 g/mol. The van der Waals surface area contributed by atoms with E-state index in [4.69, 9.17) is 9.31 Å². The first kappa shape index (κ1) is 5.13. The average molecular weight is 99.9 g/mol. The molecule has 0 spiro atoms. The molecular formula is C4H9BO2. The van der Waals surface area contributed by atoms with Crippen molar-refractivity contribution in [2.24, 2.45) is 0 Å². The molecule has 0 aliphatic carbocycles. The summed E-state index contributed by atoms with van der Waals surface area (Å²) in [5, 5.41) is 0. The maximum absolute atomic E-state index is 5.12. The van der Waals surface area contributed by atoms with Gasteiger partial charge in [0.2, 0.25) is 0 Å². The van der Waals surface area contributed by atoms with Gasteiger partial charge in [-0.1, -0.05) is 0 Å².